The quantitative estimate of drug-likeness (QED) is 0.639. The largest absolute Gasteiger partial charge is 0.497 e. The number of nitro benzene ring substituents is 1. The molecule has 1 atom stereocenters. The predicted octanol–water partition coefficient (Wildman–Crippen LogP) is 1.80. The number of likely N-dealkylation sites (N-methyl/N-ethyl adjacent to an activating group) is 1. The second-order valence-corrected chi connectivity index (χ2v) is 4.55. The maximum Gasteiger partial charge on any atom is 0.282 e. The van der Waals surface area contributed by atoms with Crippen molar-refractivity contribution in [2.45, 2.75) is 19.4 Å². The molecule has 0 saturated heterocycles. The third-order valence-corrected chi connectivity index (χ3v) is 3.08. The lowest BCUT2D eigenvalue weighted by molar-refractivity contribution is -0.384. The molecule has 0 radical (unpaired) electrons. The summed E-state index contributed by atoms with van der Waals surface area (Å²) in [6, 6.07) is 4.56. The second-order valence-electron chi connectivity index (χ2n) is 4.55. The molecular weight excluding hydrogens is 276 g/mol. The van der Waals surface area contributed by atoms with E-state index in [0.717, 1.165) is 0 Å². The molecule has 0 bridgehead atoms. The Morgan fingerprint density at radius 3 is 2.90 bits per heavy atom. The first kappa shape index (κ1) is 14.9. The Balaban J connectivity index is 2.38. The topological polar surface area (TPSA) is 103 Å². The normalized spacial score (nSPS) is 12.1. The van der Waals surface area contributed by atoms with Crippen LogP contribution in [0.4, 0.5) is 5.69 Å². The minimum absolute atomic E-state index is 0.104. The van der Waals surface area contributed by atoms with Crippen LogP contribution in [-0.2, 0) is 6.42 Å². The third kappa shape index (κ3) is 3.34. The summed E-state index contributed by atoms with van der Waals surface area (Å²) in [7, 11) is 3.32. The second kappa shape index (κ2) is 6.31. The zero-order valence-electron chi connectivity index (χ0n) is 12.0. The molecule has 2 rings (SSSR count). The van der Waals surface area contributed by atoms with E-state index in [1.807, 2.05) is 14.0 Å². The molecule has 8 nitrogen and oxygen atoms in total. The van der Waals surface area contributed by atoms with Crippen LogP contribution < -0.4 is 10.1 Å². The zero-order valence-corrected chi connectivity index (χ0v) is 12.0. The summed E-state index contributed by atoms with van der Waals surface area (Å²) >= 11 is 0. The van der Waals surface area contributed by atoms with Gasteiger partial charge in [0.1, 0.15) is 11.3 Å². The highest BCUT2D eigenvalue weighted by molar-refractivity contribution is 5.68. The van der Waals surface area contributed by atoms with Crippen LogP contribution in [0.2, 0.25) is 0 Å². The number of nitro groups is 1. The number of methoxy groups -OCH3 is 1. The van der Waals surface area contributed by atoms with E-state index in [1.54, 1.807) is 0 Å². The summed E-state index contributed by atoms with van der Waals surface area (Å²) in [4.78, 5) is 14.8. The Morgan fingerprint density at radius 1 is 1.52 bits per heavy atom. The van der Waals surface area contributed by atoms with E-state index in [2.05, 4.69) is 15.5 Å². The summed E-state index contributed by atoms with van der Waals surface area (Å²) < 4.78 is 10.2. The highest BCUT2D eigenvalue weighted by Gasteiger charge is 2.22. The average molecular weight is 292 g/mol. The first-order chi connectivity index (χ1) is 10.0. The van der Waals surface area contributed by atoms with Gasteiger partial charge < -0.3 is 14.6 Å². The van der Waals surface area contributed by atoms with E-state index < -0.39 is 4.92 Å². The number of hydrogen-bond donors (Lipinski definition) is 1. The molecule has 0 aliphatic carbocycles. The van der Waals surface area contributed by atoms with Crippen molar-refractivity contribution in [3.8, 4) is 17.2 Å². The number of benzene rings is 1. The molecule has 0 amide bonds. The minimum atomic E-state index is -0.491. The molecular formula is C13H16N4O4. The standard InChI is InChI=1S/C13H16N4O4/c1-8(14-2)6-12-15-13(21-16-12)10-7-9(20-3)4-5-11(10)17(18)19/h4-5,7-8,14H,6H2,1-3H3. The Labute approximate surface area is 121 Å². The molecule has 1 unspecified atom stereocenters. The van der Waals surface area contributed by atoms with Crippen molar-refractivity contribution in [1.82, 2.24) is 15.5 Å². The molecule has 1 aromatic carbocycles. The van der Waals surface area contributed by atoms with E-state index in [0.29, 0.717) is 18.0 Å². The lowest BCUT2D eigenvalue weighted by atomic mass is 10.1. The van der Waals surface area contributed by atoms with Gasteiger partial charge in [-0.25, -0.2) is 0 Å². The van der Waals surface area contributed by atoms with Gasteiger partial charge in [0, 0.05) is 18.5 Å². The van der Waals surface area contributed by atoms with Crippen molar-refractivity contribution in [3.05, 3.63) is 34.1 Å². The molecule has 21 heavy (non-hydrogen) atoms. The van der Waals surface area contributed by atoms with Crippen LogP contribution >= 0.6 is 0 Å². The molecule has 1 aromatic heterocycles. The Bertz CT molecular complexity index is 641. The Morgan fingerprint density at radius 2 is 2.29 bits per heavy atom. The monoisotopic (exact) mass is 292 g/mol. The van der Waals surface area contributed by atoms with Gasteiger partial charge in [0.15, 0.2) is 5.82 Å². The predicted molar refractivity (Wildman–Crippen MR) is 75.2 cm³/mol. The first-order valence-corrected chi connectivity index (χ1v) is 6.37. The van der Waals surface area contributed by atoms with Gasteiger partial charge in [0.2, 0.25) is 0 Å². The van der Waals surface area contributed by atoms with Gasteiger partial charge in [-0.15, -0.1) is 0 Å². The number of rotatable bonds is 6. The van der Waals surface area contributed by atoms with Crippen molar-refractivity contribution < 1.29 is 14.2 Å². The maximum absolute atomic E-state index is 11.1. The molecule has 8 heteroatoms. The van der Waals surface area contributed by atoms with Crippen LogP contribution in [0.15, 0.2) is 22.7 Å². The summed E-state index contributed by atoms with van der Waals surface area (Å²) in [5, 5.41) is 18.0. The molecule has 1 heterocycles. The fraction of sp³-hybridized carbons (Fsp3) is 0.385. The SMILES string of the molecule is CNC(C)Cc1noc(-c2cc(OC)ccc2[N+](=O)[O-])n1. The van der Waals surface area contributed by atoms with E-state index in [-0.39, 0.29) is 23.2 Å². The lowest BCUT2D eigenvalue weighted by Gasteiger charge is -2.04. The molecule has 0 saturated carbocycles. The number of nitrogens with zero attached hydrogens (tertiary/aromatic N) is 3. The number of nitrogens with one attached hydrogen (secondary N) is 1. The van der Waals surface area contributed by atoms with Gasteiger partial charge in [0.05, 0.1) is 12.0 Å². The van der Waals surface area contributed by atoms with Crippen molar-refractivity contribution in [2.24, 2.45) is 0 Å². The summed E-state index contributed by atoms with van der Waals surface area (Å²) in [6.07, 6.45) is 0.567. The van der Waals surface area contributed by atoms with Gasteiger partial charge in [-0.05, 0) is 26.1 Å². The highest BCUT2D eigenvalue weighted by Crippen LogP contribution is 2.32. The molecule has 0 fully saturated rings. The van der Waals surface area contributed by atoms with E-state index in [9.17, 15) is 10.1 Å². The molecule has 0 spiro atoms. The van der Waals surface area contributed by atoms with Crippen molar-refractivity contribution in [1.29, 1.82) is 0 Å². The van der Waals surface area contributed by atoms with Gasteiger partial charge in [0.25, 0.3) is 11.6 Å². The van der Waals surface area contributed by atoms with E-state index in [4.69, 9.17) is 9.26 Å². The molecule has 0 aliphatic rings. The Kier molecular flexibility index (Phi) is 4.49. The Hall–Kier alpha value is -2.48. The van der Waals surface area contributed by atoms with Crippen molar-refractivity contribution in [3.63, 3.8) is 0 Å². The first-order valence-electron chi connectivity index (χ1n) is 6.37. The summed E-state index contributed by atoms with van der Waals surface area (Å²) in [5.41, 5.74) is 0.142. The van der Waals surface area contributed by atoms with Gasteiger partial charge >= 0.3 is 0 Å². The van der Waals surface area contributed by atoms with Crippen LogP contribution in [-0.4, -0.2) is 35.3 Å². The highest BCUT2D eigenvalue weighted by atomic mass is 16.6. The maximum atomic E-state index is 11.1. The summed E-state index contributed by atoms with van der Waals surface area (Å²) in [5.74, 6) is 1.09. The molecule has 112 valence electrons. The fourth-order valence-corrected chi connectivity index (χ4v) is 1.79. The van der Waals surface area contributed by atoms with Crippen LogP contribution in [0.1, 0.15) is 12.7 Å². The van der Waals surface area contributed by atoms with Gasteiger partial charge in [-0.2, -0.15) is 4.98 Å². The number of ether oxygens (including phenoxy) is 1. The number of hydrogen-bond acceptors (Lipinski definition) is 7. The average Bonchev–Trinajstić information content (AvgIpc) is 2.94. The van der Waals surface area contributed by atoms with Gasteiger partial charge in [-0.3, -0.25) is 10.1 Å². The van der Waals surface area contributed by atoms with Gasteiger partial charge in [-0.1, -0.05) is 5.16 Å². The number of aromatic nitrogens is 2. The van der Waals surface area contributed by atoms with Crippen LogP contribution in [0.5, 0.6) is 5.75 Å². The van der Waals surface area contributed by atoms with E-state index >= 15 is 0 Å². The minimum Gasteiger partial charge on any atom is -0.497 e. The lowest BCUT2D eigenvalue weighted by Crippen LogP contribution is -2.24. The third-order valence-electron chi connectivity index (χ3n) is 3.08. The van der Waals surface area contributed by atoms with Crippen LogP contribution in [0, 0.1) is 10.1 Å². The zero-order chi connectivity index (χ0) is 15.4. The smallest absolute Gasteiger partial charge is 0.282 e. The van der Waals surface area contributed by atoms with Crippen molar-refractivity contribution >= 4 is 5.69 Å². The summed E-state index contributed by atoms with van der Waals surface area (Å²) in [6.45, 7) is 1.98. The van der Waals surface area contributed by atoms with Crippen LogP contribution in [0.3, 0.4) is 0 Å². The fourth-order valence-electron chi connectivity index (χ4n) is 1.79. The molecule has 2 aromatic rings. The van der Waals surface area contributed by atoms with E-state index in [1.165, 1.54) is 25.3 Å². The molecule has 0 aliphatic heterocycles. The van der Waals surface area contributed by atoms with Crippen LogP contribution in [0.25, 0.3) is 11.5 Å². The molecule has 1 N–H and O–H groups in total. The van der Waals surface area contributed by atoms with Crippen molar-refractivity contribution in [2.75, 3.05) is 14.2 Å².